The average Bonchev–Trinajstić information content (AvgIpc) is 2.99. The Balaban J connectivity index is 1.72. The Kier molecular flexibility index (Phi) is 4.67. The Morgan fingerprint density at radius 1 is 1.20 bits per heavy atom. The van der Waals surface area contributed by atoms with Gasteiger partial charge >= 0.3 is 6.18 Å². The van der Waals surface area contributed by atoms with E-state index in [1.165, 1.54) is 11.0 Å². The fourth-order valence-electron chi connectivity index (χ4n) is 3.21. The van der Waals surface area contributed by atoms with Crippen LogP contribution in [0.1, 0.15) is 17.7 Å². The number of alkyl halides is 3. The molecule has 0 saturated carbocycles. The van der Waals surface area contributed by atoms with Crippen LogP contribution >= 0.6 is 0 Å². The zero-order valence-electron chi connectivity index (χ0n) is 15.7. The maximum Gasteiger partial charge on any atom is 0.435 e. The second-order valence-electron chi connectivity index (χ2n) is 6.95. The standard InChI is InChI=1S/C21H15F3N4O2/c1-28-10-9-20(30,19(28)29)8-7-13-3-2-4-14(11-13)15-5-6-16-17(27-15)18(21(22,23)24)26-12-25-16/h2-6,11-12,30H,9-10H2,1H3/t20-/m0/s1. The molecule has 6 nitrogen and oxygen atoms in total. The predicted molar refractivity (Wildman–Crippen MR) is 102 cm³/mol. The van der Waals surface area contributed by atoms with Crippen molar-refractivity contribution in [1.29, 1.82) is 0 Å². The van der Waals surface area contributed by atoms with E-state index in [2.05, 4.69) is 26.8 Å². The normalized spacial score (nSPS) is 19.1. The van der Waals surface area contributed by atoms with Crippen LogP contribution in [-0.2, 0) is 11.0 Å². The van der Waals surface area contributed by atoms with E-state index in [0.29, 0.717) is 23.4 Å². The van der Waals surface area contributed by atoms with Crippen molar-refractivity contribution < 1.29 is 23.1 Å². The van der Waals surface area contributed by atoms with Gasteiger partial charge in [0.05, 0.1) is 11.2 Å². The summed E-state index contributed by atoms with van der Waals surface area (Å²) in [5.74, 6) is 4.94. The van der Waals surface area contributed by atoms with E-state index in [1.54, 1.807) is 37.4 Å². The quantitative estimate of drug-likeness (QED) is 0.622. The highest BCUT2D eigenvalue weighted by molar-refractivity contribution is 5.90. The largest absolute Gasteiger partial charge is 0.435 e. The Hall–Kier alpha value is -3.51. The summed E-state index contributed by atoms with van der Waals surface area (Å²) in [5.41, 5.74) is -1.77. The van der Waals surface area contributed by atoms with Crippen LogP contribution in [0.4, 0.5) is 13.2 Å². The number of carbonyl (C=O) groups is 1. The molecule has 0 radical (unpaired) electrons. The molecule has 0 bridgehead atoms. The lowest BCUT2D eigenvalue weighted by Gasteiger charge is -2.13. The summed E-state index contributed by atoms with van der Waals surface area (Å²) in [5, 5.41) is 10.4. The van der Waals surface area contributed by atoms with Crippen molar-refractivity contribution >= 4 is 16.9 Å². The highest BCUT2D eigenvalue weighted by Crippen LogP contribution is 2.32. The van der Waals surface area contributed by atoms with Gasteiger partial charge in [0.1, 0.15) is 11.8 Å². The minimum Gasteiger partial charge on any atom is -0.369 e. The van der Waals surface area contributed by atoms with Crippen molar-refractivity contribution in [3.8, 4) is 23.1 Å². The molecule has 1 N–H and O–H groups in total. The highest BCUT2D eigenvalue weighted by Gasteiger charge is 2.42. The summed E-state index contributed by atoms with van der Waals surface area (Å²) in [6.07, 6.45) is -3.59. The lowest BCUT2D eigenvalue weighted by atomic mass is 10.0. The summed E-state index contributed by atoms with van der Waals surface area (Å²) in [4.78, 5) is 24.7. The third kappa shape index (κ3) is 3.57. The van der Waals surface area contributed by atoms with Crippen LogP contribution in [0.2, 0.25) is 0 Å². The van der Waals surface area contributed by atoms with Gasteiger partial charge in [-0.25, -0.2) is 15.0 Å². The summed E-state index contributed by atoms with van der Waals surface area (Å²) < 4.78 is 39.8. The molecule has 2 aromatic heterocycles. The smallest absolute Gasteiger partial charge is 0.369 e. The lowest BCUT2D eigenvalue weighted by molar-refractivity contribution is -0.140. The summed E-state index contributed by atoms with van der Waals surface area (Å²) in [6, 6.07) is 9.66. The molecule has 9 heteroatoms. The van der Waals surface area contributed by atoms with E-state index in [4.69, 9.17) is 0 Å². The molecular weight excluding hydrogens is 397 g/mol. The molecule has 1 atom stereocenters. The molecule has 1 aromatic carbocycles. The number of nitrogens with zero attached hydrogens (tertiary/aromatic N) is 4. The van der Waals surface area contributed by atoms with E-state index in [1.807, 2.05) is 0 Å². The Labute approximate surface area is 169 Å². The van der Waals surface area contributed by atoms with E-state index in [-0.39, 0.29) is 17.5 Å². The van der Waals surface area contributed by atoms with Crippen molar-refractivity contribution in [2.24, 2.45) is 0 Å². The van der Waals surface area contributed by atoms with Crippen LogP contribution in [-0.4, -0.2) is 50.1 Å². The van der Waals surface area contributed by atoms with Gasteiger partial charge in [0.25, 0.3) is 5.91 Å². The summed E-state index contributed by atoms with van der Waals surface area (Å²) in [7, 11) is 1.59. The molecule has 152 valence electrons. The molecule has 1 saturated heterocycles. The van der Waals surface area contributed by atoms with Gasteiger partial charge in [0.15, 0.2) is 5.69 Å². The molecule has 3 aromatic rings. The maximum absolute atomic E-state index is 13.3. The molecular formula is C21H15F3N4O2. The van der Waals surface area contributed by atoms with E-state index < -0.39 is 23.4 Å². The molecule has 4 rings (SSSR count). The van der Waals surface area contributed by atoms with Crippen LogP contribution in [0, 0.1) is 11.8 Å². The van der Waals surface area contributed by atoms with Crippen molar-refractivity contribution in [1.82, 2.24) is 19.9 Å². The SMILES string of the molecule is CN1CC[C@@](O)(C#Cc2cccc(-c3ccc4ncnc(C(F)(F)F)c4n3)c2)C1=O. The number of pyridine rings is 1. The van der Waals surface area contributed by atoms with Gasteiger partial charge in [0.2, 0.25) is 5.60 Å². The Morgan fingerprint density at radius 2 is 2.00 bits per heavy atom. The minimum atomic E-state index is -4.66. The first kappa shape index (κ1) is 19.8. The van der Waals surface area contributed by atoms with Crippen molar-refractivity contribution in [2.45, 2.75) is 18.2 Å². The molecule has 3 heterocycles. The lowest BCUT2D eigenvalue weighted by Crippen LogP contribution is -2.37. The van der Waals surface area contributed by atoms with Crippen molar-refractivity contribution in [3.05, 3.63) is 54.0 Å². The van der Waals surface area contributed by atoms with Crippen molar-refractivity contribution in [3.63, 3.8) is 0 Å². The average molecular weight is 412 g/mol. The number of rotatable bonds is 1. The monoisotopic (exact) mass is 412 g/mol. The molecule has 1 amide bonds. The zero-order chi connectivity index (χ0) is 21.5. The molecule has 1 fully saturated rings. The number of carbonyl (C=O) groups excluding carboxylic acids is 1. The number of hydrogen-bond acceptors (Lipinski definition) is 5. The van der Waals surface area contributed by atoms with Gasteiger partial charge in [-0.3, -0.25) is 4.79 Å². The van der Waals surface area contributed by atoms with Crippen LogP contribution in [0.3, 0.4) is 0 Å². The first-order chi connectivity index (χ1) is 14.2. The number of aromatic nitrogens is 3. The Morgan fingerprint density at radius 3 is 2.70 bits per heavy atom. The number of halogens is 3. The fourth-order valence-corrected chi connectivity index (χ4v) is 3.21. The van der Waals surface area contributed by atoms with Gasteiger partial charge in [-0.2, -0.15) is 13.2 Å². The third-order valence-electron chi connectivity index (χ3n) is 4.83. The van der Waals surface area contributed by atoms with Crippen LogP contribution in [0.5, 0.6) is 0 Å². The zero-order valence-corrected chi connectivity index (χ0v) is 15.7. The molecule has 1 aliphatic rings. The third-order valence-corrected chi connectivity index (χ3v) is 4.83. The number of amides is 1. The van der Waals surface area contributed by atoms with E-state index >= 15 is 0 Å². The number of hydrogen-bond donors (Lipinski definition) is 1. The number of fused-ring (bicyclic) bond motifs is 1. The number of benzene rings is 1. The topological polar surface area (TPSA) is 79.2 Å². The fraction of sp³-hybridized carbons (Fsp3) is 0.238. The van der Waals surface area contributed by atoms with Crippen molar-refractivity contribution in [2.75, 3.05) is 13.6 Å². The van der Waals surface area contributed by atoms with E-state index in [9.17, 15) is 23.1 Å². The Bertz CT molecular complexity index is 1220. The van der Waals surface area contributed by atoms with Gasteiger partial charge in [-0.1, -0.05) is 24.0 Å². The first-order valence-electron chi connectivity index (χ1n) is 8.98. The van der Waals surface area contributed by atoms with Gasteiger partial charge in [0, 0.05) is 31.1 Å². The second-order valence-corrected chi connectivity index (χ2v) is 6.95. The molecule has 0 spiro atoms. The van der Waals surface area contributed by atoms with Gasteiger partial charge in [-0.05, 0) is 24.3 Å². The second kappa shape index (κ2) is 7.07. The molecule has 1 aliphatic heterocycles. The number of aliphatic hydroxyl groups is 1. The molecule has 0 unspecified atom stereocenters. The van der Waals surface area contributed by atoms with Crippen LogP contribution in [0.15, 0.2) is 42.7 Å². The summed E-state index contributed by atoms with van der Waals surface area (Å²) in [6.45, 7) is 0.411. The molecule has 30 heavy (non-hydrogen) atoms. The minimum absolute atomic E-state index is 0.0862. The summed E-state index contributed by atoms with van der Waals surface area (Å²) >= 11 is 0. The van der Waals surface area contributed by atoms with Crippen LogP contribution in [0.25, 0.3) is 22.3 Å². The van der Waals surface area contributed by atoms with Gasteiger partial charge < -0.3 is 10.0 Å². The molecule has 0 aliphatic carbocycles. The maximum atomic E-state index is 13.3. The highest BCUT2D eigenvalue weighted by atomic mass is 19.4. The van der Waals surface area contributed by atoms with E-state index in [0.717, 1.165) is 6.33 Å². The predicted octanol–water partition coefficient (Wildman–Crippen LogP) is 2.66. The number of likely N-dealkylation sites (N-methyl/N-ethyl adjacent to an activating group) is 1. The van der Waals surface area contributed by atoms with Crippen LogP contribution < -0.4 is 0 Å². The first-order valence-corrected chi connectivity index (χ1v) is 8.98. The number of likely N-dealkylation sites (tertiary alicyclic amines) is 1. The van der Waals surface area contributed by atoms with Gasteiger partial charge in [-0.15, -0.1) is 0 Å².